The molecule has 1 heterocycles. The Hall–Kier alpha value is -2.10. The standard InChI is InChI=1S/C22H27F3N2O4S/c1-18(2,3)31-17(30)26-6-14(28)13-4-5-32-15(13)27-16(29)19-7-20(23)10-21(24,8-19)12-22(25,9-19)11-20/h4-5H,6-12H2,1-3H3,(H,26,30)(H,27,29). The quantitative estimate of drug-likeness (QED) is 0.598. The van der Waals surface area contributed by atoms with Gasteiger partial charge in [0.2, 0.25) is 5.91 Å². The van der Waals surface area contributed by atoms with Crippen LogP contribution in [0.1, 0.15) is 69.7 Å². The number of ketones is 1. The zero-order chi connectivity index (χ0) is 23.6. The first-order valence-corrected chi connectivity index (χ1v) is 11.5. The lowest BCUT2D eigenvalue weighted by Gasteiger charge is -2.62. The fourth-order valence-corrected chi connectivity index (χ4v) is 6.74. The number of ether oxygens (including phenoxy) is 1. The van der Waals surface area contributed by atoms with E-state index in [4.69, 9.17) is 4.74 Å². The number of carbonyl (C=O) groups is 3. The number of alkyl halides is 3. The van der Waals surface area contributed by atoms with Gasteiger partial charge in [0.05, 0.1) is 17.5 Å². The van der Waals surface area contributed by atoms with Gasteiger partial charge in [-0.2, -0.15) is 0 Å². The molecule has 0 atom stereocenters. The van der Waals surface area contributed by atoms with Gasteiger partial charge in [0.1, 0.15) is 27.6 Å². The molecule has 0 spiro atoms. The Morgan fingerprint density at radius 1 is 1.00 bits per heavy atom. The second-order valence-electron chi connectivity index (χ2n) is 10.7. The zero-order valence-electron chi connectivity index (χ0n) is 18.3. The number of halogens is 3. The summed E-state index contributed by atoms with van der Waals surface area (Å²) in [4.78, 5) is 37.6. The molecule has 0 aromatic carbocycles. The van der Waals surface area contributed by atoms with Crippen molar-refractivity contribution >= 4 is 34.1 Å². The van der Waals surface area contributed by atoms with Crippen molar-refractivity contribution < 1.29 is 32.3 Å². The van der Waals surface area contributed by atoms with E-state index >= 15 is 13.2 Å². The minimum Gasteiger partial charge on any atom is -0.444 e. The maximum Gasteiger partial charge on any atom is 0.408 e. The van der Waals surface area contributed by atoms with Gasteiger partial charge in [-0.05, 0) is 51.5 Å². The molecule has 4 aliphatic carbocycles. The van der Waals surface area contributed by atoms with Gasteiger partial charge in [-0.1, -0.05) is 0 Å². The van der Waals surface area contributed by atoms with Crippen LogP contribution in [-0.4, -0.2) is 46.9 Å². The first-order chi connectivity index (χ1) is 14.6. The van der Waals surface area contributed by atoms with Crippen LogP contribution >= 0.6 is 11.3 Å². The number of carbonyl (C=O) groups excluding carboxylic acids is 3. The van der Waals surface area contributed by atoms with Gasteiger partial charge in [-0.25, -0.2) is 18.0 Å². The first-order valence-electron chi connectivity index (χ1n) is 10.6. The summed E-state index contributed by atoms with van der Waals surface area (Å²) in [6.45, 7) is 4.72. The lowest BCUT2D eigenvalue weighted by Crippen LogP contribution is -2.67. The summed E-state index contributed by atoms with van der Waals surface area (Å²) in [5, 5.41) is 6.77. The van der Waals surface area contributed by atoms with Crippen molar-refractivity contribution in [2.24, 2.45) is 5.41 Å². The highest BCUT2D eigenvalue weighted by Gasteiger charge is 2.72. The molecule has 5 rings (SSSR count). The summed E-state index contributed by atoms with van der Waals surface area (Å²) >= 11 is 1.07. The van der Waals surface area contributed by atoms with E-state index < -0.39 is 45.8 Å². The maximum atomic E-state index is 15.2. The highest BCUT2D eigenvalue weighted by atomic mass is 32.1. The molecular formula is C22H27F3N2O4S. The molecule has 2 N–H and O–H groups in total. The molecule has 0 radical (unpaired) electrons. The second kappa shape index (κ2) is 7.20. The third-order valence-corrected chi connectivity index (χ3v) is 7.16. The molecule has 32 heavy (non-hydrogen) atoms. The van der Waals surface area contributed by atoms with Crippen LogP contribution in [0.5, 0.6) is 0 Å². The van der Waals surface area contributed by atoms with Crippen molar-refractivity contribution in [3.05, 3.63) is 17.0 Å². The van der Waals surface area contributed by atoms with Crippen molar-refractivity contribution in [3.63, 3.8) is 0 Å². The molecule has 0 saturated heterocycles. The SMILES string of the molecule is CC(C)(C)OC(=O)NCC(=O)c1ccsc1NC(=O)C12CC3(F)CC(F)(CC(F)(C3)C1)C2. The summed E-state index contributed by atoms with van der Waals surface area (Å²) in [5.74, 6) is -1.14. The van der Waals surface area contributed by atoms with Gasteiger partial charge in [-0.15, -0.1) is 11.3 Å². The lowest BCUT2D eigenvalue weighted by molar-refractivity contribution is -0.214. The predicted octanol–water partition coefficient (Wildman–Crippen LogP) is 4.89. The van der Waals surface area contributed by atoms with Gasteiger partial charge in [-0.3, -0.25) is 9.59 Å². The van der Waals surface area contributed by atoms with E-state index in [1.807, 2.05) is 0 Å². The normalized spacial score (nSPS) is 35.4. The molecule has 1 aromatic heterocycles. The van der Waals surface area contributed by atoms with E-state index in [2.05, 4.69) is 10.6 Å². The van der Waals surface area contributed by atoms with E-state index in [-0.39, 0.29) is 55.6 Å². The summed E-state index contributed by atoms with van der Waals surface area (Å²) in [5.41, 5.74) is -8.18. The zero-order valence-corrected chi connectivity index (χ0v) is 19.1. The molecule has 0 unspecified atom stereocenters. The smallest absolute Gasteiger partial charge is 0.408 e. The highest BCUT2D eigenvalue weighted by Crippen LogP contribution is 2.68. The van der Waals surface area contributed by atoms with E-state index in [1.54, 1.807) is 26.2 Å². The largest absolute Gasteiger partial charge is 0.444 e. The number of hydrogen-bond acceptors (Lipinski definition) is 5. The Kier molecular flexibility index (Phi) is 5.19. The van der Waals surface area contributed by atoms with Crippen LogP contribution in [0.3, 0.4) is 0 Å². The number of thiophene rings is 1. The maximum absolute atomic E-state index is 15.2. The fraction of sp³-hybridized carbons (Fsp3) is 0.682. The van der Waals surface area contributed by atoms with Gasteiger partial charge in [0.25, 0.3) is 0 Å². The van der Waals surface area contributed by atoms with Crippen LogP contribution in [0.25, 0.3) is 0 Å². The van der Waals surface area contributed by atoms with Crippen molar-refractivity contribution in [3.8, 4) is 0 Å². The molecule has 6 nitrogen and oxygen atoms in total. The molecular weight excluding hydrogens is 445 g/mol. The summed E-state index contributed by atoms with van der Waals surface area (Å²) < 4.78 is 50.7. The summed E-state index contributed by atoms with van der Waals surface area (Å²) in [6.07, 6.45) is -2.55. The molecule has 10 heteroatoms. The lowest BCUT2D eigenvalue weighted by atomic mass is 9.46. The fourth-order valence-electron chi connectivity index (χ4n) is 5.94. The Balaban J connectivity index is 1.46. The Bertz CT molecular complexity index is 919. The van der Waals surface area contributed by atoms with Crippen LogP contribution in [-0.2, 0) is 9.53 Å². The van der Waals surface area contributed by atoms with Crippen LogP contribution in [0.4, 0.5) is 23.0 Å². The Morgan fingerprint density at radius 3 is 2.03 bits per heavy atom. The second-order valence-corrected chi connectivity index (χ2v) is 11.6. The van der Waals surface area contributed by atoms with Crippen molar-refractivity contribution in [2.45, 2.75) is 81.9 Å². The van der Waals surface area contributed by atoms with Gasteiger partial charge in [0, 0.05) is 19.3 Å². The number of amides is 2. The Labute approximate surface area is 188 Å². The number of nitrogens with one attached hydrogen (secondary N) is 2. The van der Waals surface area contributed by atoms with Crippen molar-refractivity contribution in [1.29, 1.82) is 0 Å². The predicted molar refractivity (Wildman–Crippen MR) is 113 cm³/mol. The van der Waals surface area contributed by atoms with Crippen LogP contribution < -0.4 is 10.6 Å². The average Bonchev–Trinajstić information content (AvgIpc) is 3.02. The van der Waals surface area contributed by atoms with Gasteiger partial charge >= 0.3 is 6.09 Å². The molecule has 4 saturated carbocycles. The molecule has 176 valence electrons. The molecule has 4 fully saturated rings. The monoisotopic (exact) mass is 472 g/mol. The first kappa shape index (κ1) is 23.1. The molecule has 4 aliphatic rings. The van der Waals surface area contributed by atoms with Crippen molar-refractivity contribution in [2.75, 3.05) is 11.9 Å². The minimum absolute atomic E-state index is 0.157. The van der Waals surface area contributed by atoms with E-state index in [0.29, 0.717) is 0 Å². The van der Waals surface area contributed by atoms with Crippen LogP contribution in [0.15, 0.2) is 11.4 Å². The van der Waals surface area contributed by atoms with E-state index in [1.165, 1.54) is 6.07 Å². The number of alkyl carbamates (subject to hydrolysis) is 1. The number of anilines is 1. The molecule has 2 amide bonds. The number of hydrogen-bond donors (Lipinski definition) is 2. The van der Waals surface area contributed by atoms with E-state index in [9.17, 15) is 14.4 Å². The third-order valence-electron chi connectivity index (χ3n) is 6.33. The van der Waals surface area contributed by atoms with E-state index in [0.717, 1.165) is 11.3 Å². The topological polar surface area (TPSA) is 84.5 Å². The van der Waals surface area contributed by atoms with Gasteiger partial charge < -0.3 is 15.4 Å². The minimum atomic E-state index is -2.04. The average molecular weight is 473 g/mol. The number of rotatable bonds is 5. The van der Waals surface area contributed by atoms with Gasteiger partial charge in [0.15, 0.2) is 5.78 Å². The number of Topliss-reactive ketones (excluding diaryl/α,β-unsaturated/α-hetero) is 1. The van der Waals surface area contributed by atoms with Crippen molar-refractivity contribution in [1.82, 2.24) is 5.32 Å². The van der Waals surface area contributed by atoms with Crippen LogP contribution in [0, 0.1) is 5.41 Å². The van der Waals surface area contributed by atoms with Crippen LogP contribution in [0.2, 0.25) is 0 Å². The summed E-state index contributed by atoms with van der Waals surface area (Å²) in [7, 11) is 0. The third kappa shape index (κ3) is 4.38. The molecule has 4 bridgehead atoms. The summed E-state index contributed by atoms with van der Waals surface area (Å²) in [6, 6.07) is 1.49. The highest BCUT2D eigenvalue weighted by molar-refractivity contribution is 7.14. The molecule has 1 aromatic rings. The Morgan fingerprint density at radius 2 is 1.53 bits per heavy atom. The molecule has 0 aliphatic heterocycles.